The number of benzene rings is 1. The van der Waals surface area contributed by atoms with Crippen LogP contribution in [0.1, 0.15) is 42.9 Å². The Balaban J connectivity index is 1.47. The molecule has 1 aliphatic carbocycles. The minimum Gasteiger partial charge on any atom is -0.363 e. The lowest BCUT2D eigenvalue weighted by Crippen LogP contribution is -2.30. The van der Waals surface area contributed by atoms with Crippen molar-refractivity contribution in [3.8, 4) is 0 Å². The Bertz CT molecular complexity index is 1030. The van der Waals surface area contributed by atoms with Crippen molar-refractivity contribution in [1.82, 2.24) is 15.6 Å². The van der Waals surface area contributed by atoms with E-state index in [4.69, 9.17) is 11.6 Å². The van der Waals surface area contributed by atoms with Crippen molar-refractivity contribution in [2.24, 2.45) is 10.9 Å². The van der Waals surface area contributed by atoms with Crippen molar-refractivity contribution < 1.29 is 8.97 Å². The van der Waals surface area contributed by atoms with E-state index in [1.165, 1.54) is 18.6 Å². The molecule has 0 bridgehead atoms. The number of rotatable bonds is 7. The first-order valence-corrected chi connectivity index (χ1v) is 11.5. The summed E-state index contributed by atoms with van der Waals surface area (Å²) in [7, 11) is 2.00. The molecule has 32 heavy (non-hydrogen) atoms. The lowest BCUT2D eigenvalue weighted by molar-refractivity contribution is -0.479. The average Bonchev–Trinajstić information content (AvgIpc) is 3.27. The topological polar surface area (TPSA) is 52.3 Å². The molecule has 1 fully saturated rings. The van der Waals surface area contributed by atoms with Gasteiger partial charge in [0, 0.05) is 11.6 Å². The first-order chi connectivity index (χ1) is 15.5. The van der Waals surface area contributed by atoms with Gasteiger partial charge in [0.1, 0.15) is 17.7 Å². The highest BCUT2D eigenvalue weighted by Crippen LogP contribution is 2.33. The van der Waals surface area contributed by atoms with Crippen molar-refractivity contribution in [1.29, 1.82) is 0 Å². The van der Waals surface area contributed by atoms with Crippen LogP contribution in [-0.4, -0.2) is 41.7 Å². The molecular formula is C25H30ClFN5+. The molecule has 3 unspecified atom stereocenters. The Kier molecular flexibility index (Phi) is 7.33. The van der Waals surface area contributed by atoms with Gasteiger partial charge in [-0.25, -0.2) is 8.97 Å². The molecule has 1 aromatic heterocycles. The van der Waals surface area contributed by atoms with Crippen LogP contribution < -0.4 is 10.6 Å². The summed E-state index contributed by atoms with van der Waals surface area (Å²) < 4.78 is 15.5. The minimum atomic E-state index is -0.249. The molecule has 2 N–H and O–H groups in total. The number of nitrogens with zero attached hydrogens (tertiary/aromatic N) is 3. The van der Waals surface area contributed by atoms with E-state index in [0.717, 1.165) is 48.6 Å². The average molecular weight is 455 g/mol. The van der Waals surface area contributed by atoms with E-state index in [1.807, 2.05) is 29.8 Å². The van der Waals surface area contributed by atoms with Gasteiger partial charge in [-0.05, 0) is 73.9 Å². The van der Waals surface area contributed by atoms with Gasteiger partial charge in [0.2, 0.25) is 0 Å². The van der Waals surface area contributed by atoms with Crippen LogP contribution in [-0.2, 0) is 6.54 Å². The number of hydrogen-bond acceptors (Lipinski definition) is 3. The van der Waals surface area contributed by atoms with Crippen LogP contribution in [0.5, 0.6) is 0 Å². The first-order valence-electron chi connectivity index (χ1n) is 11.1. The second kappa shape index (κ2) is 10.4. The molecule has 2 heterocycles. The fraction of sp³-hybridized carbons (Fsp3) is 0.400. The Morgan fingerprint density at radius 2 is 2.22 bits per heavy atom. The maximum atomic E-state index is 13.4. The smallest absolute Gasteiger partial charge is 0.323 e. The standard InChI is InChI=1S/C25H30ClFN5/c1-28-14-18-9-10-20(12-18)32(2)25-13-21(22(26)16-30-25)23-7-4-8-24(31-23)29-15-17-5-3-6-19(27)11-17/h3-6,8,11,13,16,18,20,23,28H,2,7,9-10,12,14-15H2,1H3,(H,29,31)/q+1. The van der Waals surface area contributed by atoms with Crippen LogP contribution in [0.15, 0.2) is 53.7 Å². The van der Waals surface area contributed by atoms with Gasteiger partial charge in [0.25, 0.3) is 0 Å². The summed E-state index contributed by atoms with van der Waals surface area (Å²) in [6.45, 7) is 5.76. The van der Waals surface area contributed by atoms with Crippen molar-refractivity contribution in [3.05, 3.63) is 70.6 Å². The molecule has 0 saturated heterocycles. The van der Waals surface area contributed by atoms with E-state index < -0.39 is 0 Å². The number of amidine groups is 1. The van der Waals surface area contributed by atoms with Crippen molar-refractivity contribution in [3.63, 3.8) is 0 Å². The van der Waals surface area contributed by atoms with Gasteiger partial charge < -0.3 is 10.6 Å². The molecule has 0 spiro atoms. The Morgan fingerprint density at radius 3 is 3.03 bits per heavy atom. The van der Waals surface area contributed by atoms with Crippen molar-refractivity contribution in [2.75, 3.05) is 13.6 Å². The van der Waals surface area contributed by atoms with Gasteiger partial charge in [-0.15, -0.1) is 0 Å². The van der Waals surface area contributed by atoms with Gasteiger partial charge in [-0.1, -0.05) is 29.8 Å². The summed E-state index contributed by atoms with van der Waals surface area (Å²) in [5.74, 6) is 2.04. The Hall–Kier alpha value is -2.57. The van der Waals surface area contributed by atoms with Gasteiger partial charge in [-0.2, -0.15) is 0 Å². The molecule has 3 atom stereocenters. The zero-order valence-corrected chi connectivity index (χ0v) is 19.2. The van der Waals surface area contributed by atoms with Crippen LogP contribution in [0.4, 0.5) is 10.2 Å². The summed E-state index contributed by atoms with van der Waals surface area (Å²) in [6, 6.07) is 8.94. The van der Waals surface area contributed by atoms with E-state index in [0.29, 0.717) is 23.5 Å². The molecule has 1 aliphatic heterocycles. The number of hydrogen-bond donors (Lipinski definition) is 2. The van der Waals surface area contributed by atoms with Gasteiger partial charge in [0.05, 0.1) is 24.3 Å². The van der Waals surface area contributed by atoms with E-state index in [2.05, 4.69) is 33.4 Å². The third-order valence-electron chi connectivity index (χ3n) is 6.28. The molecule has 1 aromatic carbocycles. The van der Waals surface area contributed by atoms with Crippen molar-refractivity contribution in [2.45, 2.75) is 44.3 Å². The Labute approximate surface area is 194 Å². The molecule has 168 valence electrons. The zero-order chi connectivity index (χ0) is 22.5. The van der Waals surface area contributed by atoms with Gasteiger partial charge in [0.15, 0.2) is 6.20 Å². The molecule has 0 radical (unpaired) electrons. The third kappa shape index (κ3) is 5.43. The number of pyridine rings is 1. The summed E-state index contributed by atoms with van der Waals surface area (Å²) in [5, 5.41) is 7.37. The molecule has 2 aromatic rings. The van der Waals surface area contributed by atoms with E-state index >= 15 is 0 Å². The van der Waals surface area contributed by atoms with Gasteiger partial charge in [-0.3, -0.25) is 4.99 Å². The van der Waals surface area contributed by atoms with Crippen LogP contribution in [0.2, 0.25) is 5.02 Å². The largest absolute Gasteiger partial charge is 0.363 e. The predicted octanol–water partition coefficient (Wildman–Crippen LogP) is 4.80. The van der Waals surface area contributed by atoms with E-state index in [1.54, 1.807) is 12.3 Å². The summed E-state index contributed by atoms with van der Waals surface area (Å²) in [6.07, 6.45) is 10.0. The predicted molar refractivity (Wildman–Crippen MR) is 129 cm³/mol. The molecule has 2 aliphatic rings. The molecule has 7 heteroatoms. The minimum absolute atomic E-state index is 0.00507. The third-order valence-corrected chi connectivity index (χ3v) is 6.59. The lowest BCUT2D eigenvalue weighted by atomic mass is 10.0. The number of halogens is 2. The Morgan fingerprint density at radius 1 is 1.34 bits per heavy atom. The number of aliphatic imine (C=N–C) groups is 1. The zero-order valence-electron chi connectivity index (χ0n) is 18.4. The quantitative estimate of drug-likeness (QED) is 0.467. The summed E-state index contributed by atoms with van der Waals surface area (Å²) >= 11 is 6.54. The molecule has 5 nitrogen and oxygen atoms in total. The highest BCUT2D eigenvalue weighted by Gasteiger charge is 2.31. The lowest BCUT2D eigenvalue weighted by Gasteiger charge is -2.23. The van der Waals surface area contributed by atoms with Crippen molar-refractivity contribution >= 4 is 30.0 Å². The maximum absolute atomic E-state index is 13.4. The number of nitrogens with one attached hydrogen (secondary N) is 2. The second-order valence-electron chi connectivity index (χ2n) is 8.59. The molecule has 1 saturated carbocycles. The summed E-state index contributed by atoms with van der Waals surface area (Å²) in [5.41, 5.74) is 1.82. The van der Waals surface area contributed by atoms with Crippen LogP contribution in [0.3, 0.4) is 0 Å². The highest BCUT2D eigenvalue weighted by atomic mass is 35.5. The molecular weight excluding hydrogens is 425 g/mol. The van der Waals surface area contributed by atoms with Gasteiger partial charge >= 0.3 is 5.82 Å². The van der Waals surface area contributed by atoms with Crippen LogP contribution in [0.25, 0.3) is 0 Å². The maximum Gasteiger partial charge on any atom is 0.323 e. The highest BCUT2D eigenvalue weighted by molar-refractivity contribution is 6.31. The van der Waals surface area contributed by atoms with Crippen LogP contribution in [0, 0.1) is 11.7 Å². The summed E-state index contributed by atoms with van der Waals surface area (Å²) in [4.78, 5) is 9.17. The van der Waals surface area contributed by atoms with E-state index in [-0.39, 0.29) is 11.9 Å². The monoisotopic (exact) mass is 454 g/mol. The van der Waals surface area contributed by atoms with Crippen LogP contribution >= 0.6 is 11.6 Å². The second-order valence-corrected chi connectivity index (χ2v) is 9.00. The number of aromatic nitrogens is 1. The van der Waals surface area contributed by atoms with E-state index in [9.17, 15) is 4.39 Å². The fourth-order valence-corrected chi connectivity index (χ4v) is 4.81. The first kappa shape index (κ1) is 22.6. The molecule has 4 rings (SSSR count). The normalized spacial score (nSPS) is 24.0. The SMILES string of the molecule is C=[N+](c1cc(C2CC=CC(=NCc3cccc(F)c3)N2)c(Cl)cn1)C1CCC(CNC)C1. The molecule has 0 amide bonds. The fourth-order valence-electron chi connectivity index (χ4n) is 4.58.